The maximum atomic E-state index is 13.1. The minimum Gasteiger partial charge on any atom is -0.370 e. The Morgan fingerprint density at radius 3 is 2.20 bits per heavy atom. The predicted molar refractivity (Wildman–Crippen MR) is 90.1 cm³/mol. The minimum absolute atomic E-state index is 0.279. The van der Waals surface area contributed by atoms with Gasteiger partial charge in [-0.3, -0.25) is 4.72 Å². The number of hydrogen-bond acceptors (Lipinski definition) is 3. The van der Waals surface area contributed by atoms with Crippen molar-refractivity contribution in [2.45, 2.75) is 23.9 Å². The molecule has 0 atom stereocenters. The van der Waals surface area contributed by atoms with E-state index in [1.807, 2.05) is 4.90 Å². The summed E-state index contributed by atoms with van der Waals surface area (Å²) in [6.45, 7) is 1.58. The molecule has 0 unspecified atom stereocenters. The molecule has 0 aromatic heterocycles. The molecule has 0 saturated carbocycles. The first kappa shape index (κ1) is 17.6. The summed E-state index contributed by atoms with van der Waals surface area (Å²) in [4.78, 5) is 1.24. The van der Waals surface area contributed by atoms with E-state index in [0.717, 1.165) is 38.1 Å². The van der Waals surface area contributed by atoms with Crippen LogP contribution in [0.25, 0.3) is 0 Å². The van der Waals surface area contributed by atoms with Gasteiger partial charge in [0.1, 0.15) is 0 Å². The molecule has 0 aliphatic carbocycles. The fourth-order valence-corrected chi connectivity index (χ4v) is 4.23. The van der Waals surface area contributed by atoms with Crippen LogP contribution in [0.3, 0.4) is 0 Å². The van der Waals surface area contributed by atoms with Crippen molar-refractivity contribution in [3.8, 4) is 0 Å². The number of rotatable bonds is 4. The monoisotopic (exact) mass is 370 g/mol. The number of para-hydroxylation sites is 2. The van der Waals surface area contributed by atoms with Gasteiger partial charge in [0.05, 0.1) is 21.8 Å². The molecule has 4 nitrogen and oxygen atoms in total. The zero-order valence-electron chi connectivity index (χ0n) is 13.3. The smallest absolute Gasteiger partial charge is 0.370 e. The fourth-order valence-electron chi connectivity index (χ4n) is 2.93. The number of nitrogens with zero attached hydrogens (tertiary/aromatic N) is 1. The van der Waals surface area contributed by atoms with Crippen LogP contribution in [0.2, 0.25) is 0 Å². The van der Waals surface area contributed by atoms with Crippen molar-refractivity contribution in [1.82, 2.24) is 0 Å². The Bertz CT molecular complexity index is 860. The number of nitrogens with one attached hydrogen (secondary N) is 1. The molecule has 3 rings (SSSR count). The number of halogens is 3. The van der Waals surface area contributed by atoms with Crippen molar-refractivity contribution in [2.75, 3.05) is 22.7 Å². The molecule has 1 saturated heterocycles. The zero-order chi connectivity index (χ0) is 18.1. The molecular formula is C17H17F3N2O2S. The highest BCUT2D eigenvalue weighted by atomic mass is 32.2. The highest BCUT2D eigenvalue weighted by molar-refractivity contribution is 7.92. The van der Waals surface area contributed by atoms with E-state index in [-0.39, 0.29) is 5.69 Å². The predicted octanol–water partition coefficient (Wildman–Crippen LogP) is 4.11. The highest BCUT2D eigenvalue weighted by Crippen LogP contribution is 2.36. The van der Waals surface area contributed by atoms with E-state index in [0.29, 0.717) is 5.69 Å². The number of alkyl halides is 3. The summed E-state index contributed by atoms with van der Waals surface area (Å²) < 4.78 is 67.0. The van der Waals surface area contributed by atoms with Crippen molar-refractivity contribution >= 4 is 21.4 Å². The van der Waals surface area contributed by atoms with Gasteiger partial charge in [0, 0.05) is 13.1 Å². The van der Waals surface area contributed by atoms with Gasteiger partial charge in [-0.05, 0) is 37.1 Å². The van der Waals surface area contributed by atoms with Crippen molar-refractivity contribution < 1.29 is 21.6 Å². The van der Waals surface area contributed by atoms with E-state index < -0.39 is 26.7 Å². The Labute approximate surface area is 144 Å². The standard InChI is InChI=1S/C17H17F3N2O2S/c18-17(19,20)13-7-1-4-10-16(13)25(23,24)21-14-8-2-3-9-15(14)22-11-5-6-12-22/h1-4,7-10,21H,5-6,11-12H2. The lowest BCUT2D eigenvalue weighted by Gasteiger charge is -2.22. The third-order valence-corrected chi connectivity index (χ3v) is 5.50. The zero-order valence-corrected chi connectivity index (χ0v) is 14.1. The topological polar surface area (TPSA) is 49.4 Å². The van der Waals surface area contributed by atoms with Crippen LogP contribution in [-0.4, -0.2) is 21.5 Å². The molecule has 1 fully saturated rings. The van der Waals surface area contributed by atoms with Gasteiger partial charge in [-0.15, -0.1) is 0 Å². The Balaban J connectivity index is 1.99. The van der Waals surface area contributed by atoms with Gasteiger partial charge in [0.15, 0.2) is 0 Å². The molecule has 0 amide bonds. The maximum absolute atomic E-state index is 13.1. The first-order valence-electron chi connectivity index (χ1n) is 7.82. The molecule has 0 bridgehead atoms. The van der Waals surface area contributed by atoms with Gasteiger partial charge in [-0.1, -0.05) is 24.3 Å². The van der Waals surface area contributed by atoms with Crippen molar-refractivity contribution in [1.29, 1.82) is 0 Å². The highest BCUT2D eigenvalue weighted by Gasteiger charge is 2.37. The second-order valence-electron chi connectivity index (χ2n) is 5.81. The van der Waals surface area contributed by atoms with Crippen LogP contribution in [0, 0.1) is 0 Å². The maximum Gasteiger partial charge on any atom is 0.417 e. The van der Waals surface area contributed by atoms with Crippen LogP contribution < -0.4 is 9.62 Å². The van der Waals surface area contributed by atoms with Crippen LogP contribution in [0.1, 0.15) is 18.4 Å². The third-order valence-electron chi connectivity index (χ3n) is 4.08. The van der Waals surface area contributed by atoms with Crippen molar-refractivity contribution in [3.63, 3.8) is 0 Å². The molecule has 0 radical (unpaired) electrons. The quantitative estimate of drug-likeness (QED) is 0.881. The second kappa shape index (κ2) is 6.59. The molecule has 1 N–H and O–H groups in total. The number of hydrogen-bond donors (Lipinski definition) is 1. The Kier molecular flexibility index (Phi) is 4.64. The average Bonchev–Trinajstić information content (AvgIpc) is 3.08. The Morgan fingerprint density at radius 2 is 1.52 bits per heavy atom. The first-order chi connectivity index (χ1) is 11.8. The van der Waals surface area contributed by atoms with Gasteiger partial charge in [0.25, 0.3) is 10.0 Å². The number of sulfonamides is 1. The van der Waals surface area contributed by atoms with E-state index in [2.05, 4.69) is 4.72 Å². The lowest BCUT2D eigenvalue weighted by Crippen LogP contribution is -2.22. The number of anilines is 2. The largest absolute Gasteiger partial charge is 0.417 e. The molecule has 2 aromatic rings. The summed E-state index contributed by atoms with van der Waals surface area (Å²) in [5.41, 5.74) is -0.226. The first-order valence-corrected chi connectivity index (χ1v) is 9.30. The molecule has 0 spiro atoms. The summed E-state index contributed by atoms with van der Waals surface area (Å²) in [5.74, 6) is 0. The molecule has 25 heavy (non-hydrogen) atoms. The minimum atomic E-state index is -4.75. The normalized spacial score (nSPS) is 15.4. The molecule has 1 aliphatic heterocycles. The lowest BCUT2D eigenvalue weighted by atomic mass is 10.2. The van der Waals surface area contributed by atoms with Gasteiger partial charge >= 0.3 is 6.18 Å². The molecule has 8 heteroatoms. The summed E-state index contributed by atoms with van der Waals surface area (Å²) in [5, 5.41) is 0. The van der Waals surface area contributed by atoms with Gasteiger partial charge in [0.2, 0.25) is 0 Å². The van der Waals surface area contributed by atoms with Crippen LogP contribution in [0.4, 0.5) is 24.5 Å². The molecule has 1 heterocycles. The average molecular weight is 370 g/mol. The fraction of sp³-hybridized carbons (Fsp3) is 0.294. The third kappa shape index (κ3) is 3.73. The number of benzene rings is 2. The van der Waals surface area contributed by atoms with Gasteiger partial charge in [-0.2, -0.15) is 13.2 Å². The summed E-state index contributed by atoms with van der Waals surface area (Å²) >= 11 is 0. The van der Waals surface area contributed by atoms with Gasteiger partial charge in [-0.25, -0.2) is 8.42 Å². The van der Waals surface area contributed by atoms with E-state index in [1.165, 1.54) is 12.1 Å². The van der Waals surface area contributed by atoms with Crippen LogP contribution in [-0.2, 0) is 16.2 Å². The van der Waals surface area contributed by atoms with Crippen LogP contribution in [0.15, 0.2) is 53.4 Å². The molecule has 2 aromatic carbocycles. The van der Waals surface area contributed by atoms with E-state index in [9.17, 15) is 21.6 Å². The van der Waals surface area contributed by atoms with Gasteiger partial charge < -0.3 is 4.90 Å². The Hall–Kier alpha value is -2.22. The van der Waals surface area contributed by atoms with Crippen LogP contribution >= 0.6 is 0 Å². The molecule has 134 valence electrons. The summed E-state index contributed by atoms with van der Waals surface area (Å²) in [6.07, 6.45) is -2.75. The van der Waals surface area contributed by atoms with E-state index >= 15 is 0 Å². The van der Waals surface area contributed by atoms with Crippen LogP contribution in [0.5, 0.6) is 0 Å². The Morgan fingerprint density at radius 1 is 0.920 bits per heavy atom. The van der Waals surface area contributed by atoms with E-state index in [4.69, 9.17) is 0 Å². The van der Waals surface area contributed by atoms with Crippen molar-refractivity contribution in [3.05, 3.63) is 54.1 Å². The summed E-state index contributed by atoms with van der Waals surface area (Å²) in [6, 6.07) is 10.9. The van der Waals surface area contributed by atoms with E-state index in [1.54, 1.807) is 24.3 Å². The SMILES string of the molecule is O=S(=O)(Nc1ccccc1N1CCCC1)c1ccccc1C(F)(F)F. The van der Waals surface area contributed by atoms with Crippen molar-refractivity contribution in [2.24, 2.45) is 0 Å². The summed E-state index contributed by atoms with van der Waals surface area (Å²) in [7, 11) is -4.38. The lowest BCUT2D eigenvalue weighted by molar-refractivity contribution is -0.139. The molecular weight excluding hydrogens is 353 g/mol. The second-order valence-corrected chi connectivity index (χ2v) is 7.46. The molecule has 1 aliphatic rings.